The fourth-order valence-corrected chi connectivity index (χ4v) is 2.43. The minimum Gasteiger partial charge on any atom is -0.444 e. The van der Waals surface area contributed by atoms with Gasteiger partial charge in [0.05, 0.1) is 6.04 Å². The predicted molar refractivity (Wildman–Crippen MR) is 81.4 cm³/mol. The van der Waals surface area contributed by atoms with Crippen molar-refractivity contribution in [3.63, 3.8) is 0 Å². The second-order valence-corrected chi connectivity index (χ2v) is 7.10. The van der Waals surface area contributed by atoms with E-state index in [4.69, 9.17) is 4.74 Å². The van der Waals surface area contributed by atoms with Crippen molar-refractivity contribution in [1.29, 1.82) is 0 Å². The van der Waals surface area contributed by atoms with Crippen LogP contribution in [0.1, 0.15) is 51.6 Å². The number of aromatic nitrogens is 1. The monoisotopic (exact) mass is 340 g/mol. The molecule has 20 heavy (non-hydrogen) atoms. The van der Waals surface area contributed by atoms with Gasteiger partial charge >= 0.3 is 6.09 Å². The van der Waals surface area contributed by atoms with Gasteiger partial charge in [0.1, 0.15) is 10.2 Å². The average Bonchev–Trinajstić information content (AvgIpc) is 3.09. The van der Waals surface area contributed by atoms with Crippen LogP contribution in [0.2, 0.25) is 0 Å². The van der Waals surface area contributed by atoms with Crippen LogP contribution in [0.15, 0.2) is 22.9 Å². The molecule has 1 aliphatic carbocycles. The molecule has 1 fully saturated rings. The third kappa shape index (κ3) is 5.12. The number of hydrogen-bond acceptors (Lipinski definition) is 3. The van der Waals surface area contributed by atoms with E-state index >= 15 is 0 Å². The molecule has 1 aliphatic rings. The highest BCUT2D eigenvalue weighted by Gasteiger charge is 2.28. The number of ether oxygens (including phenoxy) is 1. The van der Waals surface area contributed by atoms with Gasteiger partial charge < -0.3 is 10.1 Å². The minimum absolute atomic E-state index is 0.0170. The van der Waals surface area contributed by atoms with Crippen molar-refractivity contribution in [2.45, 2.75) is 51.7 Å². The van der Waals surface area contributed by atoms with E-state index in [0.29, 0.717) is 5.92 Å². The van der Waals surface area contributed by atoms with E-state index in [1.165, 1.54) is 12.8 Å². The number of hydrogen-bond donors (Lipinski definition) is 1. The molecule has 4 nitrogen and oxygen atoms in total. The van der Waals surface area contributed by atoms with Crippen molar-refractivity contribution in [2.24, 2.45) is 5.92 Å². The van der Waals surface area contributed by atoms with Crippen LogP contribution in [-0.2, 0) is 4.74 Å². The van der Waals surface area contributed by atoms with Crippen molar-refractivity contribution < 1.29 is 9.53 Å². The van der Waals surface area contributed by atoms with Crippen LogP contribution < -0.4 is 5.32 Å². The van der Waals surface area contributed by atoms with E-state index in [-0.39, 0.29) is 12.1 Å². The van der Waals surface area contributed by atoms with Gasteiger partial charge in [-0.25, -0.2) is 9.78 Å². The molecular formula is C15H21BrN2O2. The molecule has 1 heterocycles. The molecule has 1 unspecified atom stereocenters. The maximum Gasteiger partial charge on any atom is 0.408 e. The summed E-state index contributed by atoms with van der Waals surface area (Å²) >= 11 is 3.37. The summed E-state index contributed by atoms with van der Waals surface area (Å²) in [6, 6.07) is 3.87. The molecular weight excluding hydrogens is 320 g/mol. The van der Waals surface area contributed by atoms with Crippen LogP contribution in [0.25, 0.3) is 0 Å². The molecule has 0 bridgehead atoms. The highest BCUT2D eigenvalue weighted by Crippen LogP contribution is 2.38. The smallest absolute Gasteiger partial charge is 0.408 e. The minimum atomic E-state index is -0.479. The molecule has 2 rings (SSSR count). The molecule has 5 heteroatoms. The SMILES string of the molecule is CC(C)(C)OC(=O)NC(CC1CC1)c1ccnc(Br)c1. The van der Waals surface area contributed by atoms with Gasteiger partial charge in [-0.2, -0.15) is 0 Å². The first-order valence-electron chi connectivity index (χ1n) is 6.94. The Morgan fingerprint density at radius 3 is 2.80 bits per heavy atom. The fraction of sp³-hybridized carbons (Fsp3) is 0.600. The van der Waals surface area contributed by atoms with Crippen molar-refractivity contribution in [2.75, 3.05) is 0 Å². The molecule has 0 aliphatic heterocycles. The van der Waals surface area contributed by atoms with E-state index in [2.05, 4.69) is 26.2 Å². The fourth-order valence-electron chi connectivity index (χ4n) is 2.05. The van der Waals surface area contributed by atoms with Crippen LogP contribution in [-0.4, -0.2) is 16.7 Å². The zero-order valence-electron chi connectivity index (χ0n) is 12.1. The summed E-state index contributed by atoms with van der Waals surface area (Å²) in [6.07, 6.45) is 4.83. The van der Waals surface area contributed by atoms with Gasteiger partial charge in [-0.05, 0) is 66.7 Å². The van der Waals surface area contributed by atoms with Crippen molar-refractivity contribution in [3.05, 3.63) is 28.5 Å². The summed E-state index contributed by atoms with van der Waals surface area (Å²) in [6.45, 7) is 5.60. The number of amides is 1. The summed E-state index contributed by atoms with van der Waals surface area (Å²) in [5, 5.41) is 2.98. The lowest BCUT2D eigenvalue weighted by atomic mass is 10.0. The molecule has 1 N–H and O–H groups in total. The maximum atomic E-state index is 12.0. The van der Waals surface area contributed by atoms with E-state index in [0.717, 1.165) is 16.6 Å². The molecule has 1 aromatic heterocycles. The summed E-state index contributed by atoms with van der Waals surface area (Å²) in [4.78, 5) is 16.1. The summed E-state index contributed by atoms with van der Waals surface area (Å²) in [5.41, 5.74) is 0.581. The molecule has 1 aromatic rings. The first kappa shape index (κ1) is 15.3. The first-order valence-corrected chi connectivity index (χ1v) is 7.74. The largest absolute Gasteiger partial charge is 0.444 e. The Balaban J connectivity index is 2.05. The van der Waals surface area contributed by atoms with Gasteiger partial charge in [-0.15, -0.1) is 0 Å². The van der Waals surface area contributed by atoms with Crippen LogP contribution in [0.4, 0.5) is 4.79 Å². The van der Waals surface area contributed by atoms with Crippen LogP contribution in [0.3, 0.4) is 0 Å². The summed E-state index contributed by atoms with van der Waals surface area (Å²) < 4.78 is 6.12. The molecule has 0 aromatic carbocycles. The highest BCUT2D eigenvalue weighted by molar-refractivity contribution is 9.10. The second kappa shape index (κ2) is 6.12. The Hall–Kier alpha value is -1.10. The number of carbonyl (C=O) groups is 1. The van der Waals surface area contributed by atoms with Crippen molar-refractivity contribution in [1.82, 2.24) is 10.3 Å². The molecule has 0 saturated heterocycles. The molecule has 110 valence electrons. The number of nitrogens with zero attached hydrogens (tertiary/aromatic N) is 1. The maximum absolute atomic E-state index is 12.0. The Morgan fingerprint density at radius 1 is 1.55 bits per heavy atom. The van der Waals surface area contributed by atoms with Crippen molar-refractivity contribution >= 4 is 22.0 Å². The second-order valence-electron chi connectivity index (χ2n) is 6.29. The number of pyridine rings is 1. The zero-order chi connectivity index (χ0) is 14.8. The number of alkyl carbamates (subject to hydrolysis) is 1. The van der Waals surface area contributed by atoms with E-state index in [1.54, 1.807) is 6.20 Å². The van der Waals surface area contributed by atoms with E-state index in [9.17, 15) is 4.79 Å². The molecule has 1 amide bonds. The quantitative estimate of drug-likeness (QED) is 0.835. The molecule has 0 spiro atoms. The van der Waals surface area contributed by atoms with E-state index in [1.807, 2.05) is 32.9 Å². The summed E-state index contributed by atoms with van der Waals surface area (Å²) in [7, 11) is 0. The van der Waals surface area contributed by atoms with Crippen LogP contribution >= 0.6 is 15.9 Å². The van der Waals surface area contributed by atoms with Crippen molar-refractivity contribution in [3.8, 4) is 0 Å². The normalized spacial score (nSPS) is 16.6. The topological polar surface area (TPSA) is 51.2 Å². The molecule has 1 atom stereocenters. The number of nitrogens with one attached hydrogen (secondary N) is 1. The zero-order valence-corrected chi connectivity index (χ0v) is 13.7. The Morgan fingerprint density at radius 2 is 2.25 bits per heavy atom. The lowest BCUT2D eigenvalue weighted by Gasteiger charge is -2.24. The van der Waals surface area contributed by atoms with E-state index < -0.39 is 5.60 Å². The predicted octanol–water partition coefficient (Wildman–Crippen LogP) is 4.21. The number of carbonyl (C=O) groups excluding carboxylic acids is 1. The average molecular weight is 341 g/mol. The van der Waals surface area contributed by atoms with Crippen LogP contribution in [0, 0.1) is 5.92 Å². The highest BCUT2D eigenvalue weighted by atomic mass is 79.9. The number of rotatable bonds is 4. The number of halogens is 1. The lowest BCUT2D eigenvalue weighted by Crippen LogP contribution is -2.35. The van der Waals surface area contributed by atoms with Crippen LogP contribution in [0.5, 0.6) is 0 Å². The molecule has 1 saturated carbocycles. The lowest BCUT2D eigenvalue weighted by molar-refractivity contribution is 0.0499. The van der Waals surface area contributed by atoms with Gasteiger partial charge in [0.15, 0.2) is 0 Å². The Bertz CT molecular complexity index is 481. The third-order valence-corrected chi connectivity index (χ3v) is 3.54. The third-order valence-electron chi connectivity index (χ3n) is 3.11. The van der Waals surface area contributed by atoms with Gasteiger partial charge in [0.2, 0.25) is 0 Å². The van der Waals surface area contributed by atoms with Gasteiger partial charge in [0.25, 0.3) is 0 Å². The Labute approximate surface area is 128 Å². The Kier molecular flexibility index (Phi) is 4.68. The molecule has 0 radical (unpaired) electrons. The van der Waals surface area contributed by atoms with Gasteiger partial charge in [-0.3, -0.25) is 0 Å². The van der Waals surface area contributed by atoms with Gasteiger partial charge in [-0.1, -0.05) is 12.8 Å². The van der Waals surface area contributed by atoms with Gasteiger partial charge in [0, 0.05) is 6.20 Å². The summed E-state index contributed by atoms with van der Waals surface area (Å²) in [5.74, 6) is 0.710. The first-order chi connectivity index (χ1) is 9.33. The standard InChI is InChI=1S/C15H21BrN2O2/c1-15(2,3)20-14(19)18-12(8-10-4-5-10)11-6-7-17-13(16)9-11/h6-7,9-10,12H,4-5,8H2,1-3H3,(H,18,19).